The Labute approximate surface area is 87.0 Å². The number of ether oxygens (including phenoxy) is 2. The van der Waals surface area contributed by atoms with Gasteiger partial charge in [0.1, 0.15) is 6.61 Å². The molecule has 0 spiro atoms. The van der Waals surface area contributed by atoms with E-state index in [9.17, 15) is 0 Å². The molecule has 1 rings (SSSR count). The minimum atomic E-state index is 0.613. The van der Waals surface area contributed by atoms with Crippen LogP contribution in [-0.4, -0.2) is 20.3 Å². The molecule has 0 atom stereocenters. The molecule has 0 aromatic carbocycles. The summed E-state index contributed by atoms with van der Waals surface area (Å²) in [5.74, 6) is 0.975. The Balaban J connectivity index is 2.38. The fraction of sp³-hybridized carbons (Fsp3) is 0.400. The molecule has 0 bridgehead atoms. The van der Waals surface area contributed by atoms with Crippen molar-refractivity contribution in [3.8, 4) is 0 Å². The van der Waals surface area contributed by atoms with Crippen LogP contribution in [0.15, 0.2) is 34.5 Å². The molecule has 0 N–H and O–H groups in total. The maximum atomic E-state index is 5.47. The third kappa shape index (κ3) is 4.29. The molecule has 0 saturated heterocycles. The van der Waals surface area contributed by atoms with Gasteiger partial charge in [0.25, 0.3) is 0 Å². The monoisotopic (exact) mass is 244 g/mol. The van der Waals surface area contributed by atoms with Gasteiger partial charge in [-0.3, -0.25) is 0 Å². The van der Waals surface area contributed by atoms with Crippen molar-refractivity contribution < 1.29 is 9.47 Å². The predicted octanol–water partition coefficient (Wildman–Crippen LogP) is 2.77. The summed E-state index contributed by atoms with van der Waals surface area (Å²) in [7, 11) is 1.67. The lowest BCUT2D eigenvalue weighted by Gasteiger charge is -2.06. The lowest BCUT2D eigenvalue weighted by Crippen LogP contribution is -2.01. The average molecular weight is 245 g/mol. The number of halogens is 1. The fourth-order valence-corrected chi connectivity index (χ4v) is 1.27. The largest absolute Gasteiger partial charge is 0.495 e. The van der Waals surface area contributed by atoms with Crippen molar-refractivity contribution in [2.75, 3.05) is 20.3 Å². The second kappa shape index (κ2) is 6.00. The Hall–Kier alpha value is -0.540. The van der Waals surface area contributed by atoms with Crippen LogP contribution >= 0.6 is 15.9 Å². The summed E-state index contributed by atoms with van der Waals surface area (Å²) in [6.45, 7) is 1.24. The highest BCUT2D eigenvalue weighted by molar-refractivity contribution is 9.11. The maximum Gasteiger partial charge on any atom is 0.111 e. The average Bonchev–Trinajstić information content (AvgIpc) is 2.32. The van der Waals surface area contributed by atoms with Crippen molar-refractivity contribution in [2.45, 2.75) is 6.42 Å². The van der Waals surface area contributed by atoms with Gasteiger partial charge in [-0.1, -0.05) is 28.1 Å². The van der Waals surface area contributed by atoms with E-state index in [2.05, 4.69) is 22.0 Å². The highest BCUT2D eigenvalue weighted by Crippen LogP contribution is 2.15. The van der Waals surface area contributed by atoms with Crippen LogP contribution in [0.1, 0.15) is 6.42 Å². The number of hydrogen-bond acceptors (Lipinski definition) is 2. The molecule has 1 aliphatic carbocycles. The number of allylic oxidation sites excluding steroid dienone is 5. The Morgan fingerprint density at radius 2 is 2.23 bits per heavy atom. The number of hydrogen-bond donors (Lipinski definition) is 0. The molecule has 0 unspecified atom stereocenters. The smallest absolute Gasteiger partial charge is 0.111 e. The van der Waals surface area contributed by atoms with Gasteiger partial charge in [0.2, 0.25) is 0 Å². The first-order valence-electron chi connectivity index (χ1n) is 4.17. The minimum absolute atomic E-state index is 0.613. The van der Waals surface area contributed by atoms with Gasteiger partial charge in [0.05, 0.1) is 12.4 Å². The molecule has 0 fully saturated rings. The summed E-state index contributed by atoms with van der Waals surface area (Å²) in [5.41, 5.74) is 0. The van der Waals surface area contributed by atoms with Crippen LogP contribution in [0.4, 0.5) is 0 Å². The molecular formula is C10H13BrO2. The molecule has 0 aromatic heterocycles. The van der Waals surface area contributed by atoms with E-state index < -0.39 is 0 Å². The third-order valence-electron chi connectivity index (χ3n) is 1.60. The molecule has 1 aliphatic rings. The van der Waals surface area contributed by atoms with Crippen molar-refractivity contribution in [1.82, 2.24) is 0 Å². The quantitative estimate of drug-likeness (QED) is 0.709. The lowest BCUT2D eigenvalue weighted by atomic mass is 10.3. The first kappa shape index (κ1) is 10.5. The summed E-state index contributed by atoms with van der Waals surface area (Å²) in [6.07, 6.45) is 8.87. The normalized spacial score (nSPS) is 16.2. The summed E-state index contributed by atoms with van der Waals surface area (Å²) < 4.78 is 11.4. The van der Waals surface area contributed by atoms with Crippen LogP contribution in [0.5, 0.6) is 0 Å². The Bertz CT molecular complexity index is 241. The van der Waals surface area contributed by atoms with Gasteiger partial charge in [-0.05, 0) is 12.2 Å². The van der Waals surface area contributed by atoms with Gasteiger partial charge in [0, 0.05) is 18.0 Å². The molecule has 0 radical (unpaired) electrons. The Morgan fingerprint density at radius 1 is 1.38 bits per heavy atom. The third-order valence-corrected chi connectivity index (χ3v) is 2.13. The van der Waals surface area contributed by atoms with E-state index in [1.807, 2.05) is 18.2 Å². The first-order valence-corrected chi connectivity index (χ1v) is 4.97. The molecule has 72 valence electrons. The van der Waals surface area contributed by atoms with Crippen LogP contribution in [-0.2, 0) is 9.47 Å². The van der Waals surface area contributed by atoms with E-state index >= 15 is 0 Å². The van der Waals surface area contributed by atoms with E-state index in [-0.39, 0.29) is 0 Å². The van der Waals surface area contributed by atoms with E-state index in [4.69, 9.17) is 9.47 Å². The van der Waals surface area contributed by atoms with Crippen molar-refractivity contribution in [1.29, 1.82) is 0 Å². The highest BCUT2D eigenvalue weighted by atomic mass is 79.9. The van der Waals surface area contributed by atoms with Crippen molar-refractivity contribution >= 4 is 15.9 Å². The maximum absolute atomic E-state index is 5.47. The minimum Gasteiger partial charge on any atom is -0.495 e. The molecule has 0 saturated carbocycles. The molecule has 0 heterocycles. The SMILES string of the molecule is COCCOC1=CC=C(Br)C=CC1. The molecule has 3 heteroatoms. The van der Waals surface area contributed by atoms with Gasteiger partial charge in [-0.25, -0.2) is 0 Å². The van der Waals surface area contributed by atoms with Crippen LogP contribution in [0.2, 0.25) is 0 Å². The van der Waals surface area contributed by atoms with E-state index in [0.29, 0.717) is 13.2 Å². The number of methoxy groups -OCH3 is 1. The van der Waals surface area contributed by atoms with Gasteiger partial charge in [0.15, 0.2) is 0 Å². The standard InChI is InChI=1S/C10H13BrO2/c1-12-7-8-13-10-4-2-3-9(11)5-6-10/h2-3,5-6H,4,7-8H2,1H3. The zero-order chi connectivity index (χ0) is 9.52. The second-order valence-corrected chi connectivity index (χ2v) is 3.55. The zero-order valence-electron chi connectivity index (χ0n) is 7.63. The summed E-state index contributed by atoms with van der Waals surface area (Å²) >= 11 is 3.40. The Kier molecular flexibility index (Phi) is 4.86. The first-order chi connectivity index (χ1) is 6.33. The highest BCUT2D eigenvalue weighted by Gasteiger charge is 1.98. The van der Waals surface area contributed by atoms with Gasteiger partial charge in [-0.15, -0.1) is 0 Å². The molecule has 2 nitrogen and oxygen atoms in total. The van der Waals surface area contributed by atoms with E-state index in [1.165, 1.54) is 0 Å². The zero-order valence-corrected chi connectivity index (χ0v) is 9.21. The summed E-state index contributed by atoms with van der Waals surface area (Å²) in [4.78, 5) is 0. The molecule has 0 amide bonds. The van der Waals surface area contributed by atoms with E-state index in [0.717, 1.165) is 16.7 Å². The van der Waals surface area contributed by atoms with Crippen LogP contribution in [0.3, 0.4) is 0 Å². The molecule has 0 aliphatic heterocycles. The van der Waals surface area contributed by atoms with Crippen LogP contribution < -0.4 is 0 Å². The Morgan fingerprint density at radius 3 is 3.00 bits per heavy atom. The van der Waals surface area contributed by atoms with Crippen LogP contribution in [0.25, 0.3) is 0 Å². The van der Waals surface area contributed by atoms with Crippen molar-refractivity contribution in [3.05, 3.63) is 34.5 Å². The fourth-order valence-electron chi connectivity index (χ4n) is 0.947. The van der Waals surface area contributed by atoms with Crippen molar-refractivity contribution in [3.63, 3.8) is 0 Å². The number of rotatable bonds is 4. The van der Waals surface area contributed by atoms with Gasteiger partial charge in [-0.2, -0.15) is 0 Å². The summed E-state index contributed by atoms with van der Waals surface area (Å²) in [6, 6.07) is 0. The van der Waals surface area contributed by atoms with Crippen molar-refractivity contribution in [2.24, 2.45) is 0 Å². The van der Waals surface area contributed by atoms with E-state index in [1.54, 1.807) is 7.11 Å². The van der Waals surface area contributed by atoms with Crippen LogP contribution in [0, 0.1) is 0 Å². The topological polar surface area (TPSA) is 18.5 Å². The molecule has 0 aromatic rings. The van der Waals surface area contributed by atoms with Gasteiger partial charge < -0.3 is 9.47 Å². The lowest BCUT2D eigenvalue weighted by molar-refractivity contribution is 0.108. The van der Waals surface area contributed by atoms with Gasteiger partial charge >= 0.3 is 0 Å². The molecular weight excluding hydrogens is 232 g/mol. The predicted molar refractivity (Wildman–Crippen MR) is 56.7 cm³/mol. The second-order valence-electron chi connectivity index (χ2n) is 2.63. The molecule has 13 heavy (non-hydrogen) atoms. The summed E-state index contributed by atoms with van der Waals surface area (Å²) in [5, 5.41) is 0.